The molecule has 0 fully saturated rings. The first-order valence-corrected chi connectivity index (χ1v) is 7.73. The molecule has 0 aliphatic heterocycles. The van der Waals surface area contributed by atoms with Crippen LogP contribution in [0.5, 0.6) is 0 Å². The number of hydrogen-bond acceptors (Lipinski definition) is 6. The number of unbranched alkanes of at least 4 members (excludes halogenated alkanes) is 1. The van der Waals surface area contributed by atoms with Crippen LogP contribution >= 0.6 is 11.3 Å². The van der Waals surface area contributed by atoms with Crippen molar-refractivity contribution in [1.82, 2.24) is 20.5 Å². The fourth-order valence-electron chi connectivity index (χ4n) is 1.98. The number of carbonyl (C=O) groups is 1. The number of hydrogen-bond donors (Lipinski definition) is 2. The van der Waals surface area contributed by atoms with E-state index in [0.29, 0.717) is 6.54 Å². The van der Waals surface area contributed by atoms with E-state index in [1.165, 1.54) is 18.3 Å². The highest BCUT2D eigenvalue weighted by Crippen LogP contribution is 2.28. The number of nitrogens with one attached hydrogen (secondary N) is 1. The Kier molecular flexibility index (Phi) is 5.77. The fraction of sp³-hybridized carbons (Fsp3) is 0.429. The molecule has 0 unspecified atom stereocenters. The van der Waals surface area contributed by atoms with Crippen LogP contribution in [0.3, 0.4) is 0 Å². The average molecular weight is 305 g/mol. The van der Waals surface area contributed by atoms with E-state index in [4.69, 9.17) is 5.73 Å². The molecule has 1 amide bonds. The molecule has 0 aliphatic carbocycles. The molecule has 1 atom stereocenters. The van der Waals surface area contributed by atoms with Gasteiger partial charge in [0.25, 0.3) is 0 Å². The van der Waals surface area contributed by atoms with E-state index >= 15 is 0 Å². The lowest BCUT2D eigenvalue weighted by atomic mass is 10.1. The minimum atomic E-state index is -0.0952. The Bertz CT molecular complexity index is 572. The van der Waals surface area contributed by atoms with Crippen molar-refractivity contribution in [3.05, 3.63) is 29.5 Å². The maximum Gasteiger partial charge on any atom is 0.217 e. The lowest BCUT2D eigenvalue weighted by Gasteiger charge is -2.14. The minimum Gasteiger partial charge on any atom is -0.347 e. The van der Waals surface area contributed by atoms with Crippen LogP contribution in [0.2, 0.25) is 0 Å². The lowest BCUT2D eigenvalue weighted by Crippen LogP contribution is -2.26. The normalized spacial score (nSPS) is 12.1. The first kappa shape index (κ1) is 15.5. The summed E-state index contributed by atoms with van der Waals surface area (Å²) >= 11 is 1.50. The maximum atomic E-state index is 11.3. The summed E-state index contributed by atoms with van der Waals surface area (Å²) in [7, 11) is 0. The van der Waals surface area contributed by atoms with Crippen molar-refractivity contribution in [3.8, 4) is 10.6 Å². The fourth-order valence-corrected chi connectivity index (χ4v) is 2.92. The summed E-state index contributed by atoms with van der Waals surface area (Å²) in [5.74, 6) is -0.0617. The van der Waals surface area contributed by atoms with Crippen molar-refractivity contribution in [2.75, 3.05) is 6.54 Å². The standard InChI is InChI=1S/C14H19N5OS/c1-10(20)17-12(4-2-3-7-15)14-19-18-13(21-14)11-5-8-16-9-6-11/h5-6,8-9,12H,2-4,7,15H2,1H3,(H,17,20)/t12-/m0/s1. The van der Waals surface area contributed by atoms with Gasteiger partial charge in [0.1, 0.15) is 10.0 Å². The quantitative estimate of drug-likeness (QED) is 0.762. The van der Waals surface area contributed by atoms with E-state index in [2.05, 4.69) is 20.5 Å². The van der Waals surface area contributed by atoms with E-state index in [1.807, 2.05) is 12.1 Å². The number of amides is 1. The van der Waals surface area contributed by atoms with Gasteiger partial charge in [-0.15, -0.1) is 10.2 Å². The van der Waals surface area contributed by atoms with E-state index in [1.54, 1.807) is 12.4 Å². The molecule has 0 bridgehead atoms. The van der Waals surface area contributed by atoms with E-state index in [0.717, 1.165) is 34.8 Å². The number of nitrogens with zero attached hydrogens (tertiary/aromatic N) is 3. The summed E-state index contributed by atoms with van der Waals surface area (Å²) in [4.78, 5) is 15.3. The van der Waals surface area contributed by atoms with Crippen LogP contribution in [0.25, 0.3) is 10.6 Å². The number of rotatable bonds is 7. The van der Waals surface area contributed by atoms with E-state index in [-0.39, 0.29) is 11.9 Å². The van der Waals surface area contributed by atoms with Crippen molar-refractivity contribution in [3.63, 3.8) is 0 Å². The SMILES string of the molecule is CC(=O)N[C@@H](CCCCN)c1nnc(-c2ccncc2)s1. The van der Waals surface area contributed by atoms with Crippen LogP contribution in [-0.2, 0) is 4.79 Å². The Balaban J connectivity index is 2.12. The summed E-state index contributed by atoms with van der Waals surface area (Å²) in [6, 6.07) is 3.69. The molecule has 2 rings (SSSR count). The molecule has 112 valence electrons. The smallest absolute Gasteiger partial charge is 0.217 e. The van der Waals surface area contributed by atoms with Gasteiger partial charge in [-0.3, -0.25) is 9.78 Å². The van der Waals surface area contributed by atoms with Crippen LogP contribution in [0.15, 0.2) is 24.5 Å². The monoisotopic (exact) mass is 305 g/mol. The maximum absolute atomic E-state index is 11.3. The third-order valence-corrected chi connectivity index (χ3v) is 4.08. The lowest BCUT2D eigenvalue weighted by molar-refractivity contribution is -0.119. The van der Waals surface area contributed by atoms with Crippen LogP contribution in [-0.4, -0.2) is 27.6 Å². The number of pyridine rings is 1. The zero-order valence-corrected chi connectivity index (χ0v) is 12.8. The molecule has 0 aromatic carbocycles. The highest BCUT2D eigenvalue weighted by molar-refractivity contribution is 7.14. The molecule has 0 saturated carbocycles. The largest absolute Gasteiger partial charge is 0.347 e. The van der Waals surface area contributed by atoms with Crippen molar-refractivity contribution in [2.45, 2.75) is 32.2 Å². The van der Waals surface area contributed by atoms with Gasteiger partial charge in [-0.05, 0) is 37.9 Å². The predicted octanol–water partition coefficient (Wildman–Crippen LogP) is 1.91. The van der Waals surface area contributed by atoms with Gasteiger partial charge in [-0.2, -0.15) is 0 Å². The molecule has 2 aromatic rings. The van der Waals surface area contributed by atoms with E-state index < -0.39 is 0 Å². The molecule has 3 N–H and O–H groups in total. The molecule has 0 spiro atoms. The molecular formula is C14H19N5OS. The summed E-state index contributed by atoms with van der Waals surface area (Å²) in [5.41, 5.74) is 6.50. The van der Waals surface area contributed by atoms with E-state index in [9.17, 15) is 4.79 Å². The number of aromatic nitrogens is 3. The zero-order valence-electron chi connectivity index (χ0n) is 12.0. The van der Waals surface area contributed by atoms with Gasteiger partial charge in [-0.25, -0.2) is 0 Å². The Hall–Kier alpha value is -1.86. The molecule has 21 heavy (non-hydrogen) atoms. The first-order chi connectivity index (χ1) is 10.2. The van der Waals surface area contributed by atoms with Crippen LogP contribution < -0.4 is 11.1 Å². The summed E-state index contributed by atoms with van der Waals surface area (Å²) in [6.45, 7) is 2.17. The Morgan fingerprint density at radius 2 is 2.10 bits per heavy atom. The highest BCUT2D eigenvalue weighted by atomic mass is 32.1. The first-order valence-electron chi connectivity index (χ1n) is 6.91. The molecule has 7 heteroatoms. The van der Waals surface area contributed by atoms with Gasteiger partial charge in [0.15, 0.2) is 0 Å². The van der Waals surface area contributed by atoms with Gasteiger partial charge in [0, 0.05) is 24.9 Å². The molecule has 0 radical (unpaired) electrons. The van der Waals surface area contributed by atoms with Crippen molar-refractivity contribution in [1.29, 1.82) is 0 Å². The third-order valence-electron chi connectivity index (χ3n) is 2.99. The predicted molar refractivity (Wildman–Crippen MR) is 82.6 cm³/mol. The second-order valence-electron chi connectivity index (χ2n) is 4.72. The molecule has 2 heterocycles. The second kappa shape index (κ2) is 7.80. The van der Waals surface area contributed by atoms with Gasteiger partial charge in [0.2, 0.25) is 5.91 Å². The van der Waals surface area contributed by atoms with Gasteiger partial charge in [-0.1, -0.05) is 11.3 Å². The average Bonchev–Trinajstić information content (AvgIpc) is 2.97. The third kappa shape index (κ3) is 4.57. The Labute approximate surface area is 127 Å². The Morgan fingerprint density at radius 3 is 2.76 bits per heavy atom. The van der Waals surface area contributed by atoms with Crippen molar-refractivity contribution < 1.29 is 4.79 Å². The van der Waals surface area contributed by atoms with Crippen molar-refractivity contribution in [2.24, 2.45) is 5.73 Å². The molecule has 0 saturated heterocycles. The number of nitrogens with two attached hydrogens (primary N) is 1. The topological polar surface area (TPSA) is 93.8 Å². The van der Waals surface area contributed by atoms with Gasteiger partial charge >= 0.3 is 0 Å². The van der Waals surface area contributed by atoms with Gasteiger partial charge < -0.3 is 11.1 Å². The second-order valence-corrected chi connectivity index (χ2v) is 5.73. The number of carbonyl (C=O) groups excluding carboxylic acids is 1. The minimum absolute atomic E-state index is 0.0617. The van der Waals surface area contributed by atoms with Crippen LogP contribution in [0.4, 0.5) is 0 Å². The summed E-state index contributed by atoms with van der Waals surface area (Å²) < 4.78 is 0. The molecular weight excluding hydrogens is 286 g/mol. The Morgan fingerprint density at radius 1 is 1.33 bits per heavy atom. The molecule has 6 nitrogen and oxygen atoms in total. The summed E-state index contributed by atoms with van der Waals surface area (Å²) in [6.07, 6.45) is 6.16. The molecule has 0 aliphatic rings. The van der Waals surface area contributed by atoms with Gasteiger partial charge in [0.05, 0.1) is 6.04 Å². The highest BCUT2D eigenvalue weighted by Gasteiger charge is 2.18. The van der Waals surface area contributed by atoms with Crippen molar-refractivity contribution >= 4 is 17.2 Å². The van der Waals surface area contributed by atoms with Crippen LogP contribution in [0, 0.1) is 0 Å². The summed E-state index contributed by atoms with van der Waals surface area (Å²) in [5, 5.41) is 13.0. The zero-order chi connectivity index (χ0) is 15.1. The molecule has 2 aromatic heterocycles. The van der Waals surface area contributed by atoms with Crippen LogP contribution in [0.1, 0.15) is 37.2 Å².